The molecule has 3 aromatic rings. The maximum atomic E-state index is 11.3. The molecule has 10 heteroatoms. The molecule has 5 N–H and O–H groups in total. The number of hydrazone groups is 1. The number of benzene rings is 2. The summed E-state index contributed by atoms with van der Waals surface area (Å²) in [4.78, 5) is 0.793. The van der Waals surface area contributed by atoms with E-state index < -0.39 is 10.0 Å². The Labute approximate surface area is 190 Å². The third-order valence-corrected chi connectivity index (χ3v) is 6.83. The highest BCUT2D eigenvalue weighted by Crippen LogP contribution is 2.39. The highest BCUT2D eigenvalue weighted by atomic mass is 32.2. The average molecular weight is 475 g/mol. The van der Waals surface area contributed by atoms with Gasteiger partial charge in [-0.2, -0.15) is 5.10 Å². The fourth-order valence-corrected chi connectivity index (χ4v) is 4.46. The summed E-state index contributed by atoms with van der Waals surface area (Å²) in [7, 11) is -3.75. The number of aromatic hydroxyl groups is 1. The number of sulfonamides is 1. The summed E-state index contributed by atoms with van der Waals surface area (Å²) < 4.78 is 22.6. The van der Waals surface area contributed by atoms with Gasteiger partial charge in [-0.25, -0.2) is 13.6 Å². The Balaban J connectivity index is 1.69. The number of hydrogen-bond donors (Lipinski definition) is 4. The number of thiophene rings is 1. The van der Waals surface area contributed by atoms with E-state index in [1.54, 1.807) is 19.1 Å². The summed E-state index contributed by atoms with van der Waals surface area (Å²) in [5, 5.41) is 25.0. The van der Waals surface area contributed by atoms with Gasteiger partial charge in [0.2, 0.25) is 10.0 Å². The maximum Gasteiger partial charge on any atom is 0.238 e. The maximum absolute atomic E-state index is 11.3. The van der Waals surface area contributed by atoms with Crippen LogP contribution in [0.5, 0.6) is 5.75 Å². The summed E-state index contributed by atoms with van der Waals surface area (Å²) in [6.07, 6.45) is 0. The second kappa shape index (κ2) is 9.15. The van der Waals surface area contributed by atoms with E-state index in [0.29, 0.717) is 17.0 Å². The smallest absolute Gasteiger partial charge is 0.238 e. The summed E-state index contributed by atoms with van der Waals surface area (Å²) in [5.74, 6) is 0.175. The van der Waals surface area contributed by atoms with Gasteiger partial charge in [-0.3, -0.25) is 5.43 Å². The molecule has 7 nitrogen and oxygen atoms in total. The molecule has 0 bridgehead atoms. The van der Waals surface area contributed by atoms with Crippen molar-refractivity contribution in [1.82, 2.24) is 5.43 Å². The van der Waals surface area contributed by atoms with Crippen LogP contribution < -0.4 is 15.9 Å². The van der Waals surface area contributed by atoms with Crippen molar-refractivity contribution < 1.29 is 13.5 Å². The number of anilines is 1. The van der Waals surface area contributed by atoms with Crippen LogP contribution >= 0.6 is 23.6 Å². The molecule has 0 saturated carbocycles. The molecule has 0 radical (unpaired) electrons. The molecule has 0 spiro atoms. The van der Waals surface area contributed by atoms with E-state index in [0.717, 1.165) is 16.0 Å². The van der Waals surface area contributed by atoms with E-state index in [1.807, 2.05) is 31.4 Å². The molecule has 2 aromatic carbocycles. The van der Waals surface area contributed by atoms with Gasteiger partial charge >= 0.3 is 0 Å². The van der Waals surface area contributed by atoms with Crippen LogP contribution in [0.1, 0.15) is 23.6 Å². The van der Waals surface area contributed by atoms with Crippen molar-refractivity contribution in [2.45, 2.75) is 25.7 Å². The summed E-state index contributed by atoms with van der Waals surface area (Å²) in [5.41, 5.74) is 7.80. The minimum Gasteiger partial charge on any atom is -0.506 e. The lowest BCUT2D eigenvalue weighted by Gasteiger charge is -2.09. The van der Waals surface area contributed by atoms with Crippen LogP contribution in [0.25, 0.3) is 10.4 Å². The Bertz CT molecular complexity index is 1260. The quantitative estimate of drug-likeness (QED) is 0.251. The van der Waals surface area contributed by atoms with Crippen molar-refractivity contribution in [2.75, 3.05) is 5.32 Å². The number of hydrogen-bond acceptors (Lipinski definition) is 6. The summed E-state index contributed by atoms with van der Waals surface area (Å²) in [6.45, 7) is 5.85. The molecule has 0 saturated heterocycles. The number of rotatable bonds is 5. The van der Waals surface area contributed by atoms with Crippen molar-refractivity contribution in [3.05, 3.63) is 64.5 Å². The predicted molar refractivity (Wildman–Crippen MR) is 130 cm³/mol. The molecule has 0 unspecified atom stereocenters. The molecule has 0 aliphatic heterocycles. The van der Waals surface area contributed by atoms with Gasteiger partial charge in [-0.15, -0.1) is 11.3 Å². The highest BCUT2D eigenvalue weighted by molar-refractivity contribution is 7.89. The second-order valence-electron chi connectivity index (χ2n) is 6.96. The van der Waals surface area contributed by atoms with Gasteiger partial charge in [0, 0.05) is 11.1 Å². The van der Waals surface area contributed by atoms with Crippen LogP contribution in [0.3, 0.4) is 0 Å². The van der Waals surface area contributed by atoms with Crippen molar-refractivity contribution >= 4 is 50.1 Å². The van der Waals surface area contributed by atoms with Gasteiger partial charge < -0.3 is 10.4 Å². The summed E-state index contributed by atoms with van der Waals surface area (Å²) >= 11 is 6.67. The number of aryl methyl sites for hydroxylation is 2. The monoisotopic (exact) mass is 474 g/mol. The molecule has 1 aromatic heterocycles. The fourth-order valence-electron chi connectivity index (χ4n) is 2.78. The van der Waals surface area contributed by atoms with Crippen molar-refractivity contribution in [2.24, 2.45) is 10.2 Å². The van der Waals surface area contributed by atoms with E-state index in [-0.39, 0.29) is 15.8 Å². The molecule has 162 valence electrons. The van der Waals surface area contributed by atoms with E-state index >= 15 is 0 Å². The van der Waals surface area contributed by atoms with Gasteiger partial charge in [0.25, 0.3) is 0 Å². The lowest BCUT2D eigenvalue weighted by molar-refractivity contribution is 0.478. The second-order valence-corrected chi connectivity index (χ2v) is 9.81. The first kappa shape index (κ1) is 22.9. The first-order valence-electron chi connectivity index (χ1n) is 9.19. The van der Waals surface area contributed by atoms with Crippen molar-refractivity contribution in [3.63, 3.8) is 0 Å². The average Bonchev–Trinajstić information content (AvgIpc) is 3.09. The van der Waals surface area contributed by atoms with Gasteiger partial charge in [-0.05, 0) is 73.9 Å². The normalized spacial score (nSPS) is 11.9. The zero-order valence-corrected chi connectivity index (χ0v) is 19.6. The molecule has 0 atom stereocenters. The zero-order valence-electron chi connectivity index (χ0n) is 17.1. The molecule has 31 heavy (non-hydrogen) atoms. The van der Waals surface area contributed by atoms with Crippen LogP contribution in [-0.2, 0) is 10.0 Å². The minimum atomic E-state index is -3.75. The summed E-state index contributed by atoms with van der Waals surface area (Å²) in [6, 6.07) is 11.9. The van der Waals surface area contributed by atoms with E-state index in [9.17, 15) is 13.5 Å². The Morgan fingerprint density at radius 3 is 2.42 bits per heavy atom. The lowest BCUT2D eigenvalue weighted by atomic mass is 10.0. The number of thiocarbonyl (C=S) groups is 1. The SMILES string of the molecule is C/C(=N\NC(=S)Nc1ccc(S(N)(=O)=O)cc1)c1csc(-c2ccc(C)c(C)c2)c1O. The number of nitrogens with zero attached hydrogens (tertiary/aromatic N) is 1. The topological polar surface area (TPSA) is 117 Å². The highest BCUT2D eigenvalue weighted by Gasteiger charge is 2.15. The first-order valence-corrected chi connectivity index (χ1v) is 12.0. The van der Waals surface area contributed by atoms with Gasteiger partial charge in [-0.1, -0.05) is 18.2 Å². The number of primary sulfonamides is 1. The third kappa shape index (κ3) is 5.47. The Morgan fingerprint density at radius 1 is 1.13 bits per heavy atom. The van der Waals surface area contributed by atoms with Crippen LogP contribution in [-0.4, -0.2) is 24.3 Å². The molecular formula is C21H22N4O3S3. The van der Waals surface area contributed by atoms with Crippen LogP contribution in [0.4, 0.5) is 5.69 Å². The van der Waals surface area contributed by atoms with Crippen molar-refractivity contribution in [3.8, 4) is 16.2 Å². The fraction of sp³-hybridized carbons (Fsp3) is 0.143. The van der Waals surface area contributed by atoms with E-state index in [1.165, 1.54) is 29.0 Å². The molecule has 0 amide bonds. The van der Waals surface area contributed by atoms with Crippen LogP contribution in [0, 0.1) is 13.8 Å². The van der Waals surface area contributed by atoms with Crippen LogP contribution in [0.15, 0.2) is 57.8 Å². The third-order valence-electron chi connectivity index (χ3n) is 4.69. The molecule has 0 aliphatic carbocycles. The van der Waals surface area contributed by atoms with Gasteiger partial charge in [0.1, 0.15) is 5.75 Å². The number of nitrogens with two attached hydrogens (primary N) is 1. The predicted octanol–water partition coefficient (Wildman–Crippen LogP) is 4.10. The lowest BCUT2D eigenvalue weighted by Crippen LogP contribution is -2.25. The Kier molecular flexibility index (Phi) is 6.75. The van der Waals surface area contributed by atoms with Crippen molar-refractivity contribution in [1.29, 1.82) is 0 Å². The standard InChI is InChI=1S/C21H22N4O3S3/c1-12-4-5-15(10-13(12)2)20-19(26)18(11-30-20)14(3)24-25-21(29)23-16-6-8-17(9-7-16)31(22,27)28/h4-11,26H,1-3H3,(H2,22,27,28)(H2,23,25,29)/b24-14+. The molecule has 0 aliphatic rings. The minimum absolute atomic E-state index is 0.0123. The molecule has 1 heterocycles. The Morgan fingerprint density at radius 2 is 1.81 bits per heavy atom. The number of nitrogens with one attached hydrogen (secondary N) is 2. The Hall–Kier alpha value is -2.79. The molecule has 0 fully saturated rings. The molecule has 3 rings (SSSR count). The zero-order chi connectivity index (χ0) is 22.8. The molecular weight excluding hydrogens is 452 g/mol. The first-order chi connectivity index (χ1) is 14.6. The van der Waals surface area contributed by atoms with Crippen LogP contribution in [0.2, 0.25) is 0 Å². The van der Waals surface area contributed by atoms with Gasteiger partial charge in [0.15, 0.2) is 5.11 Å². The van der Waals surface area contributed by atoms with E-state index in [2.05, 4.69) is 21.9 Å². The van der Waals surface area contributed by atoms with E-state index in [4.69, 9.17) is 17.4 Å². The largest absolute Gasteiger partial charge is 0.506 e. The van der Waals surface area contributed by atoms with Gasteiger partial charge in [0.05, 0.1) is 21.0 Å².